The van der Waals surface area contributed by atoms with Crippen molar-refractivity contribution in [2.75, 3.05) is 60.1 Å². The summed E-state index contributed by atoms with van der Waals surface area (Å²) in [5.74, 6) is 1.24. The molecule has 0 aliphatic heterocycles. The number of halogens is 2. The molecule has 0 atom stereocenters. The van der Waals surface area contributed by atoms with E-state index in [2.05, 4.69) is 27.6 Å². The lowest BCUT2D eigenvalue weighted by molar-refractivity contribution is 0.180. The van der Waals surface area contributed by atoms with Crippen LogP contribution in [0.5, 0.6) is 5.75 Å². The van der Waals surface area contributed by atoms with Crippen molar-refractivity contribution in [3.8, 4) is 5.75 Å². The van der Waals surface area contributed by atoms with Gasteiger partial charge in [-0.15, -0.1) is 24.0 Å². The van der Waals surface area contributed by atoms with Gasteiger partial charge in [-0.1, -0.05) is 0 Å². The van der Waals surface area contributed by atoms with Crippen LogP contribution in [0.3, 0.4) is 0 Å². The summed E-state index contributed by atoms with van der Waals surface area (Å²) >= 11 is 0. The number of aliphatic imine (C=N–C) groups is 1. The lowest BCUT2D eigenvalue weighted by Crippen LogP contribution is -2.41. The number of hydrogen-bond donors (Lipinski definition) is 2. The van der Waals surface area contributed by atoms with Crippen molar-refractivity contribution in [2.24, 2.45) is 4.99 Å². The predicted octanol–water partition coefficient (Wildman–Crippen LogP) is 2.74. The smallest absolute Gasteiger partial charge is 0.191 e. The summed E-state index contributed by atoms with van der Waals surface area (Å²) in [4.78, 5) is 6.82. The van der Waals surface area contributed by atoms with Gasteiger partial charge in [0.15, 0.2) is 5.96 Å². The second-order valence-corrected chi connectivity index (χ2v) is 5.99. The summed E-state index contributed by atoms with van der Waals surface area (Å²) in [7, 11) is 3.83. The van der Waals surface area contributed by atoms with Crippen LogP contribution >= 0.6 is 24.0 Å². The zero-order valence-corrected chi connectivity index (χ0v) is 19.0. The molecule has 0 aliphatic carbocycles. The first-order valence-corrected chi connectivity index (χ1v) is 9.23. The van der Waals surface area contributed by atoms with Crippen LogP contribution in [-0.2, 0) is 4.74 Å². The van der Waals surface area contributed by atoms with Crippen molar-refractivity contribution in [2.45, 2.75) is 19.8 Å². The quantitative estimate of drug-likeness (QED) is 0.191. The normalized spacial score (nSPS) is 11.2. The molecule has 1 rings (SSSR count). The van der Waals surface area contributed by atoms with E-state index in [0.717, 1.165) is 51.6 Å². The molecular formula is C19H34FIN4O2. The van der Waals surface area contributed by atoms with Crippen LogP contribution in [0.25, 0.3) is 0 Å². The largest absolute Gasteiger partial charge is 0.494 e. The van der Waals surface area contributed by atoms with Gasteiger partial charge < -0.3 is 25.0 Å². The zero-order valence-electron chi connectivity index (χ0n) is 16.7. The van der Waals surface area contributed by atoms with Gasteiger partial charge in [-0.3, -0.25) is 4.99 Å². The summed E-state index contributed by atoms with van der Waals surface area (Å²) in [6.45, 7) is 7.68. The van der Waals surface area contributed by atoms with Crippen LogP contribution < -0.4 is 15.4 Å². The van der Waals surface area contributed by atoms with Crippen molar-refractivity contribution in [1.29, 1.82) is 0 Å². The first kappa shape index (κ1) is 25.9. The number of hydrogen-bond acceptors (Lipinski definition) is 4. The minimum Gasteiger partial charge on any atom is -0.494 e. The number of ether oxygens (including phenoxy) is 2. The van der Waals surface area contributed by atoms with E-state index in [1.54, 1.807) is 19.2 Å². The summed E-state index contributed by atoms with van der Waals surface area (Å²) < 4.78 is 23.5. The molecule has 0 unspecified atom stereocenters. The standard InChI is InChI=1S/C19H33FN4O2.HI/c1-4-21-19(23-12-14-24(2)13-6-15-25-3)22-11-5-16-26-18-9-7-17(20)8-10-18;/h7-10H,4-6,11-16H2,1-3H3,(H2,21,22,23);1H. The highest BCUT2D eigenvalue weighted by atomic mass is 127. The number of methoxy groups -OCH3 is 1. The van der Waals surface area contributed by atoms with E-state index < -0.39 is 0 Å². The van der Waals surface area contributed by atoms with Crippen LogP contribution in [-0.4, -0.2) is 71.0 Å². The van der Waals surface area contributed by atoms with Gasteiger partial charge in [-0.2, -0.15) is 0 Å². The van der Waals surface area contributed by atoms with E-state index in [-0.39, 0.29) is 29.8 Å². The predicted molar refractivity (Wildman–Crippen MR) is 120 cm³/mol. The van der Waals surface area contributed by atoms with Crippen molar-refractivity contribution in [1.82, 2.24) is 15.5 Å². The maximum Gasteiger partial charge on any atom is 0.191 e. The number of nitrogens with one attached hydrogen (secondary N) is 2. The summed E-state index contributed by atoms with van der Waals surface area (Å²) in [5, 5.41) is 6.58. The van der Waals surface area contributed by atoms with Gasteiger partial charge in [-0.05, 0) is 44.7 Å². The summed E-state index contributed by atoms with van der Waals surface area (Å²) in [6.07, 6.45) is 1.83. The third-order valence-electron chi connectivity index (χ3n) is 3.67. The number of rotatable bonds is 13. The Morgan fingerprint density at radius 1 is 1.11 bits per heavy atom. The summed E-state index contributed by atoms with van der Waals surface area (Å²) in [5.41, 5.74) is 0. The molecule has 1 aromatic carbocycles. The Bertz CT molecular complexity index is 503. The maximum absolute atomic E-state index is 12.8. The fourth-order valence-corrected chi connectivity index (χ4v) is 2.27. The van der Waals surface area contributed by atoms with Gasteiger partial charge in [0.25, 0.3) is 0 Å². The van der Waals surface area contributed by atoms with Crippen molar-refractivity contribution < 1.29 is 13.9 Å². The highest BCUT2D eigenvalue weighted by molar-refractivity contribution is 14.0. The van der Waals surface area contributed by atoms with E-state index in [1.165, 1.54) is 12.1 Å². The molecule has 0 fully saturated rings. The van der Waals surface area contributed by atoms with E-state index in [1.807, 2.05) is 6.92 Å². The molecule has 0 saturated heterocycles. The SMILES string of the molecule is CCNC(=NCCCOc1ccc(F)cc1)NCCN(C)CCCOC.I. The average molecular weight is 496 g/mol. The molecule has 27 heavy (non-hydrogen) atoms. The molecular weight excluding hydrogens is 462 g/mol. The molecule has 0 amide bonds. The van der Waals surface area contributed by atoms with Gasteiger partial charge in [0, 0.05) is 52.9 Å². The van der Waals surface area contributed by atoms with Crippen LogP contribution in [0.1, 0.15) is 19.8 Å². The molecule has 8 heteroatoms. The molecule has 6 nitrogen and oxygen atoms in total. The van der Waals surface area contributed by atoms with Crippen molar-refractivity contribution in [3.63, 3.8) is 0 Å². The number of nitrogens with zero attached hydrogens (tertiary/aromatic N) is 2. The molecule has 2 N–H and O–H groups in total. The second kappa shape index (κ2) is 17.0. The minimum absolute atomic E-state index is 0. The van der Waals surface area contributed by atoms with Crippen LogP contribution in [0.15, 0.2) is 29.3 Å². The van der Waals surface area contributed by atoms with Gasteiger partial charge >= 0.3 is 0 Å². The molecule has 0 saturated carbocycles. The monoisotopic (exact) mass is 496 g/mol. The maximum atomic E-state index is 12.8. The number of benzene rings is 1. The Kier molecular flexibility index (Phi) is 16.3. The Labute approximate surface area is 179 Å². The third-order valence-corrected chi connectivity index (χ3v) is 3.67. The van der Waals surface area contributed by atoms with Crippen LogP contribution in [0, 0.1) is 5.82 Å². The molecule has 156 valence electrons. The Morgan fingerprint density at radius 2 is 1.85 bits per heavy atom. The van der Waals surface area contributed by atoms with Crippen molar-refractivity contribution in [3.05, 3.63) is 30.1 Å². The van der Waals surface area contributed by atoms with Crippen molar-refractivity contribution >= 4 is 29.9 Å². The molecule has 1 aromatic rings. The molecule has 0 heterocycles. The molecule has 0 aliphatic rings. The Balaban J connectivity index is 0.00000676. The first-order valence-electron chi connectivity index (χ1n) is 9.23. The van der Waals surface area contributed by atoms with Crippen LogP contribution in [0.2, 0.25) is 0 Å². The molecule has 0 aromatic heterocycles. The number of likely N-dealkylation sites (N-methyl/N-ethyl adjacent to an activating group) is 1. The topological polar surface area (TPSA) is 58.1 Å². The Morgan fingerprint density at radius 3 is 2.52 bits per heavy atom. The fourth-order valence-electron chi connectivity index (χ4n) is 2.27. The lowest BCUT2D eigenvalue weighted by atomic mass is 10.3. The molecule has 0 spiro atoms. The average Bonchev–Trinajstić information content (AvgIpc) is 2.63. The van der Waals surface area contributed by atoms with E-state index in [4.69, 9.17) is 9.47 Å². The number of guanidine groups is 1. The first-order chi connectivity index (χ1) is 12.7. The van der Waals surface area contributed by atoms with Gasteiger partial charge in [0.2, 0.25) is 0 Å². The van der Waals surface area contributed by atoms with Crippen LogP contribution in [0.4, 0.5) is 4.39 Å². The van der Waals surface area contributed by atoms with Gasteiger partial charge in [0.1, 0.15) is 11.6 Å². The van der Waals surface area contributed by atoms with E-state index >= 15 is 0 Å². The highest BCUT2D eigenvalue weighted by Crippen LogP contribution is 2.11. The van der Waals surface area contributed by atoms with E-state index in [0.29, 0.717) is 18.9 Å². The third kappa shape index (κ3) is 13.7. The molecule has 0 bridgehead atoms. The second-order valence-electron chi connectivity index (χ2n) is 5.99. The summed E-state index contributed by atoms with van der Waals surface area (Å²) in [6, 6.07) is 6.06. The highest BCUT2D eigenvalue weighted by Gasteiger charge is 2.00. The lowest BCUT2D eigenvalue weighted by Gasteiger charge is -2.18. The minimum atomic E-state index is -0.257. The van der Waals surface area contributed by atoms with Gasteiger partial charge in [0.05, 0.1) is 6.61 Å². The molecule has 0 radical (unpaired) electrons. The Hall–Kier alpha value is -1.13. The zero-order chi connectivity index (χ0) is 19.0. The van der Waals surface area contributed by atoms with E-state index in [9.17, 15) is 4.39 Å². The van der Waals surface area contributed by atoms with Gasteiger partial charge in [-0.25, -0.2) is 4.39 Å². The fraction of sp³-hybridized carbons (Fsp3) is 0.632.